The third-order valence-corrected chi connectivity index (χ3v) is 4.68. The van der Waals surface area contributed by atoms with Gasteiger partial charge in [0.1, 0.15) is 17.5 Å². The second kappa shape index (κ2) is 6.63. The van der Waals surface area contributed by atoms with Crippen molar-refractivity contribution in [3.63, 3.8) is 0 Å². The lowest BCUT2D eigenvalue weighted by Crippen LogP contribution is -2.28. The van der Waals surface area contributed by atoms with Crippen LogP contribution in [0.2, 0.25) is 0 Å². The Bertz CT molecular complexity index is 464. The molecule has 1 N–H and O–H groups in total. The zero-order chi connectivity index (χ0) is 14.7. The molecule has 0 unspecified atom stereocenters. The molecule has 116 valence electrons. The Morgan fingerprint density at radius 1 is 1.14 bits per heavy atom. The maximum absolute atomic E-state index is 4.82. The number of hydrogen-bond acceptors (Lipinski definition) is 4. The van der Waals surface area contributed by atoms with E-state index in [2.05, 4.69) is 35.2 Å². The van der Waals surface area contributed by atoms with Crippen molar-refractivity contribution in [1.82, 2.24) is 9.97 Å². The fourth-order valence-electron chi connectivity index (χ4n) is 3.29. The molecule has 2 fully saturated rings. The summed E-state index contributed by atoms with van der Waals surface area (Å²) in [6.45, 7) is 4.16. The monoisotopic (exact) mass is 288 g/mol. The quantitative estimate of drug-likeness (QED) is 0.864. The molecule has 0 spiro atoms. The largest absolute Gasteiger partial charge is 0.370 e. The summed E-state index contributed by atoms with van der Waals surface area (Å²) in [6, 6.07) is 2.11. The van der Waals surface area contributed by atoms with E-state index in [1.165, 1.54) is 44.9 Å². The SMILES string of the molecule is CCNc1cc(N(C)CC2CCCCC2)nc(C2CC2)n1. The molecule has 0 bridgehead atoms. The van der Waals surface area contributed by atoms with Crippen LogP contribution in [-0.2, 0) is 0 Å². The van der Waals surface area contributed by atoms with Gasteiger partial charge in [0, 0.05) is 32.1 Å². The second-order valence-electron chi connectivity index (χ2n) is 6.66. The number of anilines is 2. The van der Waals surface area contributed by atoms with Gasteiger partial charge in [-0.2, -0.15) is 0 Å². The van der Waals surface area contributed by atoms with Crippen molar-refractivity contribution < 1.29 is 0 Å². The highest BCUT2D eigenvalue weighted by atomic mass is 15.2. The standard InChI is InChI=1S/C17H28N4/c1-3-18-15-11-16(20-17(19-15)14-9-10-14)21(2)12-13-7-5-4-6-8-13/h11,13-14H,3-10,12H2,1-2H3,(H,18,19,20). The molecule has 0 amide bonds. The van der Waals surface area contributed by atoms with Gasteiger partial charge in [-0.1, -0.05) is 19.3 Å². The summed E-state index contributed by atoms with van der Waals surface area (Å²) in [7, 11) is 2.18. The molecule has 2 saturated carbocycles. The molecule has 0 radical (unpaired) electrons. The van der Waals surface area contributed by atoms with E-state index in [9.17, 15) is 0 Å². The van der Waals surface area contributed by atoms with Gasteiger partial charge in [0.15, 0.2) is 0 Å². The number of aromatic nitrogens is 2. The van der Waals surface area contributed by atoms with Crippen LogP contribution in [0.3, 0.4) is 0 Å². The molecule has 3 rings (SSSR count). The molecule has 0 saturated heterocycles. The van der Waals surface area contributed by atoms with Gasteiger partial charge in [-0.05, 0) is 38.5 Å². The predicted octanol–water partition coefficient (Wildman–Crippen LogP) is 3.80. The Hall–Kier alpha value is -1.32. The normalized spacial score (nSPS) is 19.5. The molecule has 1 aromatic rings. The van der Waals surface area contributed by atoms with Crippen LogP contribution < -0.4 is 10.2 Å². The minimum absolute atomic E-state index is 0.602. The lowest BCUT2D eigenvalue weighted by molar-refractivity contribution is 0.361. The van der Waals surface area contributed by atoms with Crippen LogP contribution in [0.1, 0.15) is 63.6 Å². The minimum atomic E-state index is 0.602. The summed E-state index contributed by atoms with van der Waals surface area (Å²) in [6.07, 6.45) is 9.49. The third kappa shape index (κ3) is 3.86. The molecular formula is C17H28N4. The Morgan fingerprint density at radius 3 is 2.57 bits per heavy atom. The number of hydrogen-bond donors (Lipinski definition) is 1. The summed E-state index contributed by atoms with van der Waals surface area (Å²) in [4.78, 5) is 11.8. The van der Waals surface area contributed by atoms with Gasteiger partial charge in [0.2, 0.25) is 0 Å². The Labute approximate surface area is 128 Å². The highest BCUT2D eigenvalue weighted by molar-refractivity contribution is 5.49. The van der Waals surface area contributed by atoms with Crippen LogP contribution in [0.5, 0.6) is 0 Å². The number of rotatable bonds is 6. The minimum Gasteiger partial charge on any atom is -0.370 e. The molecular weight excluding hydrogens is 260 g/mol. The van der Waals surface area contributed by atoms with Crippen LogP contribution in [0, 0.1) is 5.92 Å². The highest BCUT2D eigenvalue weighted by Gasteiger charge is 2.28. The van der Waals surface area contributed by atoms with E-state index in [4.69, 9.17) is 4.98 Å². The average Bonchev–Trinajstić information content (AvgIpc) is 3.33. The maximum atomic E-state index is 4.82. The average molecular weight is 288 g/mol. The van der Waals surface area contributed by atoms with Crippen molar-refractivity contribution in [2.24, 2.45) is 5.92 Å². The van der Waals surface area contributed by atoms with Gasteiger partial charge in [-0.3, -0.25) is 0 Å². The Balaban J connectivity index is 1.72. The lowest BCUT2D eigenvalue weighted by Gasteiger charge is -2.28. The molecule has 2 aliphatic carbocycles. The second-order valence-corrected chi connectivity index (χ2v) is 6.66. The first-order chi connectivity index (χ1) is 10.3. The van der Waals surface area contributed by atoms with Crippen molar-refractivity contribution in [2.45, 2.75) is 57.8 Å². The van der Waals surface area contributed by atoms with Crippen molar-refractivity contribution in [2.75, 3.05) is 30.4 Å². The van der Waals surface area contributed by atoms with Gasteiger partial charge >= 0.3 is 0 Å². The summed E-state index contributed by atoms with van der Waals surface area (Å²) in [5.74, 6) is 4.56. The third-order valence-electron chi connectivity index (χ3n) is 4.68. The number of nitrogens with zero attached hydrogens (tertiary/aromatic N) is 3. The molecule has 4 heteroatoms. The van der Waals surface area contributed by atoms with Crippen molar-refractivity contribution >= 4 is 11.6 Å². The summed E-state index contributed by atoms with van der Waals surface area (Å²) >= 11 is 0. The topological polar surface area (TPSA) is 41.0 Å². The van der Waals surface area contributed by atoms with Gasteiger partial charge in [-0.25, -0.2) is 9.97 Å². The Kier molecular flexibility index (Phi) is 4.61. The van der Waals surface area contributed by atoms with Crippen LogP contribution in [0.25, 0.3) is 0 Å². The molecule has 21 heavy (non-hydrogen) atoms. The first-order valence-corrected chi connectivity index (χ1v) is 8.60. The number of nitrogens with one attached hydrogen (secondary N) is 1. The van der Waals surface area contributed by atoms with E-state index < -0.39 is 0 Å². The van der Waals surface area contributed by atoms with Crippen LogP contribution in [0.15, 0.2) is 6.07 Å². The molecule has 1 aromatic heterocycles. The van der Waals surface area contributed by atoms with Crippen molar-refractivity contribution in [3.05, 3.63) is 11.9 Å². The Morgan fingerprint density at radius 2 is 1.90 bits per heavy atom. The molecule has 2 aliphatic rings. The zero-order valence-corrected chi connectivity index (χ0v) is 13.4. The first kappa shape index (κ1) is 14.6. The van der Waals surface area contributed by atoms with E-state index in [0.29, 0.717) is 5.92 Å². The van der Waals surface area contributed by atoms with Crippen molar-refractivity contribution in [3.8, 4) is 0 Å². The van der Waals surface area contributed by atoms with Gasteiger partial charge in [0.25, 0.3) is 0 Å². The fraction of sp³-hybridized carbons (Fsp3) is 0.765. The molecule has 0 aromatic carbocycles. The van der Waals surface area contributed by atoms with E-state index in [1.807, 2.05) is 0 Å². The maximum Gasteiger partial charge on any atom is 0.136 e. The van der Waals surface area contributed by atoms with E-state index in [-0.39, 0.29) is 0 Å². The molecule has 4 nitrogen and oxygen atoms in total. The summed E-state index contributed by atoms with van der Waals surface area (Å²) in [5.41, 5.74) is 0. The van der Waals surface area contributed by atoms with Gasteiger partial charge in [-0.15, -0.1) is 0 Å². The summed E-state index contributed by atoms with van der Waals surface area (Å²) in [5, 5.41) is 3.35. The molecule has 1 heterocycles. The fourth-order valence-corrected chi connectivity index (χ4v) is 3.29. The van der Waals surface area contributed by atoms with Gasteiger partial charge in [0.05, 0.1) is 0 Å². The van der Waals surface area contributed by atoms with Crippen LogP contribution in [0.4, 0.5) is 11.6 Å². The van der Waals surface area contributed by atoms with E-state index in [1.54, 1.807) is 0 Å². The summed E-state index contributed by atoms with van der Waals surface area (Å²) < 4.78 is 0. The first-order valence-electron chi connectivity index (χ1n) is 8.60. The smallest absolute Gasteiger partial charge is 0.136 e. The van der Waals surface area contributed by atoms with E-state index >= 15 is 0 Å². The predicted molar refractivity (Wildman–Crippen MR) is 88.0 cm³/mol. The van der Waals surface area contributed by atoms with Gasteiger partial charge < -0.3 is 10.2 Å². The highest BCUT2D eigenvalue weighted by Crippen LogP contribution is 2.39. The molecule has 0 atom stereocenters. The zero-order valence-electron chi connectivity index (χ0n) is 13.4. The van der Waals surface area contributed by atoms with E-state index in [0.717, 1.165) is 36.5 Å². The van der Waals surface area contributed by atoms with Crippen molar-refractivity contribution in [1.29, 1.82) is 0 Å². The molecule has 0 aliphatic heterocycles. The lowest BCUT2D eigenvalue weighted by atomic mass is 9.89. The van der Waals surface area contributed by atoms with Crippen LogP contribution >= 0.6 is 0 Å². The van der Waals surface area contributed by atoms with Crippen LogP contribution in [-0.4, -0.2) is 30.1 Å².